The SMILES string of the molecule is CCCOc1ccc(CNC(=O)/C=C/c2cccc(OCc3csc(C)n3)c2)cc1OC. The molecule has 0 aliphatic rings. The Labute approximate surface area is 192 Å². The third kappa shape index (κ3) is 7.13. The minimum atomic E-state index is -0.181. The molecule has 0 bridgehead atoms. The molecule has 6 nitrogen and oxygen atoms in total. The Hall–Kier alpha value is -3.32. The summed E-state index contributed by atoms with van der Waals surface area (Å²) in [6, 6.07) is 13.3. The molecule has 0 atom stereocenters. The van der Waals surface area contributed by atoms with E-state index in [1.807, 2.05) is 54.8 Å². The molecule has 1 heterocycles. The molecule has 0 spiro atoms. The summed E-state index contributed by atoms with van der Waals surface area (Å²) in [5, 5.41) is 5.90. The fourth-order valence-corrected chi connectivity index (χ4v) is 3.51. The van der Waals surface area contributed by atoms with Gasteiger partial charge >= 0.3 is 0 Å². The Bertz CT molecular complexity index is 1060. The van der Waals surface area contributed by atoms with Gasteiger partial charge in [0, 0.05) is 18.0 Å². The molecule has 1 N–H and O–H groups in total. The van der Waals surface area contributed by atoms with Gasteiger partial charge in [0.25, 0.3) is 0 Å². The van der Waals surface area contributed by atoms with Gasteiger partial charge in [-0.1, -0.05) is 25.1 Å². The monoisotopic (exact) mass is 452 g/mol. The topological polar surface area (TPSA) is 69.7 Å². The Morgan fingerprint density at radius 3 is 2.78 bits per heavy atom. The van der Waals surface area contributed by atoms with E-state index in [2.05, 4.69) is 17.2 Å². The van der Waals surface area contributed by atoms with Crippen LogP contribution in [0.1, 0.15) is 35.2 Å². The molecule has 3 rings (SSSR count). The molecular weight excluding hydrogens is 424 g/mol. The van der Waals surface area contributed by atoms with Gasteiger partial charge in [-0.25, -0.2) is 4.98 Å². The minimum absolute atomic E-state index is 0.181. The summed E-state index contributed by atoms with van der Waals surface area (Å²) in [5.74, 6) is 1.91. The highest BCUT2D eigenvalue weighted by Crippen LogP contribution is 2.28. The molecule has 168 valence electrons. The van der Waals surface area contributed by atoms with Crippen molar-refractivity contribution in [2.75, 3.05) is 13.7 Å². The molecule has 0 aliphatic heterocycles. The summed E-state index contributed by atoms with van der Waals surface area (Å²) in [7, 11) is 1.61. The molecule has 1 amide bonds. The number of hydrogen-bond acceptors (Lipinski definition) is 6. The first kappa shape index (κ1) is 23.3. The molecule has 32 heavy (non-hydrogen) atoms. The Kier molecular flexibility index (Phi) is 8.69. The van der Waals surface area contributed by atoms with Gasteiger partial charge in [0.05, 0.1) is 24.4 Å². The van der Waals surface area contributed by atoms with E-state index in [0.29, 0.717) is 31.3 Å². The highest BCUT2D eigenvalue weighted by molar-refractivity contribution is 7.09. The lowest BCUT2D eigenvalue weighted by atomic mass is 10.2. The van der Waals surface area contributed by atoms with Gasteiger partial charge in [-0.3, -0.25) is 4.79 Å². The summed E-state index contributed by atoms with van der Waals surface area (Å²) in [5.41, 5.74) is 2.72. The number of amides is 1. The summed E-state index contributed by atoms with van der Waals surface area (Å²) in [4.78, 5) is 16.7. The summed E-state index contributed by atoms with van der Waals surface area (Å²) < 4.78 is 16.9. The van der Waals surface area contributed by atoms with Crippen LogP contribution in [-0.4, -0.2) is 24.6 Å². The fraction of sp³-hybridized carbons (Fsp3) is 0.280. The lowest BCUT2D eigenvalue weighted by Crippen LogP contribution is -2.20. The fourth-order valence-electron chi connectivity index (χ4n) is 2.91. The van der Waals surface area contributed by atoms with Gasteiger partial charge in [0.2, 0.25) is 5.91 Å². The first-order valence-corrected chi connectivity index (χ1v) is 11.3. The number of methoxy groups -OCH3 is 1. The van der Waals surface area contributed by atoms with Crippen molar-refractivity contribution in [1.29, 1.82) is 0 Å². The van der Waals surface area contributed by atoms with Crippen molar-refractivity contribution in [2.24, 2.45) is 0 Å². The van der Waals surface area contributed by atoms with Gasteiger partial charge in [0.1, 0.15) is 12.4 Å². The number of thiazole rings is 1. The number of ether oxygens (including phenoxy) is 3. The van der Waals surface area contributed by atoms with Crippen LogP contribution in [0, 0.1) is 6.92 Å². The quantitative estimate of drug-likeness (QED) is 0.407. The molecule has 2 aromatic carbocycles. The second kappa shape index (κ2) is 11.9. The van der Waals surface area contributed by atoms with E-state index < -0.39 is 0 Å². The minimum Gasteiger partial charge on any atom is -0.493 e. The Morgan fingerprint density at radius 2 is 2.03 bits per heavy atom. The van der Waals surface area contributed by atoms with Crippen LogP contribution < -0.4 is 19.5 Å². The molecule has 0 saturated carbocycles. The van der Waals surface area contributed by atoms with E-state index in [-0.39, 0.29) is 5.91 Å². The number of hydrogen-bond donors (Lipinski definition) is 1. The van der Waals surface area contributed by atoms with Crippen molar-refractivity contribution < 1.29 is 19.0 Å². The van der Waals surface area contributed by atoms with E-state index in [0.717, 1.165) is 34.0 Å². The summed E-state index contributed by atoms with van der Waals surface area (Å²) in [6.45, 7) is 5.47. The number of nitrogens with one attached hydrogen (secondary N) is 1. The maximum absolute atomic E-state index is 12.3. The highest BCUT2D eigenvalue weighted by atomic mass is 32.1. The maximum atomic E-state index is 12.3. The maximum Gasteiger partial charge on any atom is 0.244 e. The van der Waals surface area contributed by atoms with Gasteiger partial charge < -0.3 is 19.5 Å². The number of rotatable bonds is 11. The number of benzene rings is 2. The van der Waals surface area contributed by atoms with Crippen LogP contribution in [-0.2, 0) is 17.9 Å². The first-order valence-electron chi connectivity index (χ1n) is 10.5. The second-order valence-corrected chi connectivity index (χ2v) is 8.17. The zero-order valence-corrected chi connectivity index (χ0v) is 19.4. The van der Waals surface area contributed by atoms with Crippen molar-refractivity contribution in [3.05, 3.63) is 75.7 Å². The average molecular weight is 453 g/mol. The predicted octanol–water partition coefficient (Wildman–Crippen LogP) is 5.16. The van der Waals surface area contributed by atoms with Gasteiger partial charge in [-0.05, 0) is 54.8 Å². The summed E-state index contributed by atoms with van der Waals surface area (Å²) >= 11 is 1.60. The van der Waals surface area contributed by atoms with Crippen LogP contribution in [0.15, 0.2) is 53.9 Å². The standard InChI is InChI=1S/C25H28N2O4S/c1-4-12-30-23-10-8-20(14-24(23)29-3)15-26-25(28)11-9-19-6-5-7-22(13-19)31-16-21-17-32-18(2)27-21/h5-11,13-14,17H,4,12,15-16H2,1-3H3,(H,26,28)/b11-9+. The van der Waals surface area contributed by atoms with Crippen molar-refractivity contribution in [1.82, 2.24) is 10.3 Å². The molecule has 0 fully saturated rings. The largest absolute Gasteiger partial charge is 0.493 e. The third-order valence-corrected chi connectivity index (χ3v) is 5.32. The van der Waals surface area contributed by atoms with Crippen molar-refractivity contribution >= 4 is 23.3 Å². The van der Waals surface area contributed by atoms with Crippen LogP contribution in [0.4, 0.5) is 0 Å². The zero-order chi connectivity index (χ0) is 22.8. The highest BCUT2D eigenvalue weighted by Gasteiger charge is 2.06. The number of carbonyl (C=O) groups excluding carboxylic acids is 1. The molecule has 7 heteroatoms. The van der Waals surface area contributed by atoms with Crippen LogP contribution in [0.5, 0.6) is 17.2 Å². The third-order valence-electron chi connectivity index (χ3n) is 4.50. The molecule has 0 radical (unpaired) electrons. The Morgan fingerprint density at radius 1 is 1.16 bits per heavy atom. The van der Waals surface area contributed by atoms with Crippen molar-refractivity contribution in [3.63, 3.8) is 0 Å². The van der Waals surface area contributed by atoms with E-state index in [9.17, 15) is 4.79 Å². The van der Waals surface area contributed by atoms with E-state index >= 15 is 0 Å². The van der Waals surface area contributed by atoms with Crippen molar-refractivity contribution in [3.8, 4) is 17.2 Å². The molecule has 0 unspecified atom stereocenters. The number of aryl methyl sites for hydroxylation is 1. The number of carbonyl (C=O) groups is 1. The van der Waals surface area contributed by atoms with E-state index in [4.69, 9.17) is 14.2 Å². The molecule has 3 aromatic rings. The van der Waals surface area contributed by atoms with Crippen LogP contribution in [0.2, 0.25) is 0 Å². The molecule has 0 aliphatic carbocycles. The van der Waals surface area contributed by atoms with E-state index in [1.165, 1.54) is 6.08 Å². The smallest absolute Gasteiger partial charge is 0.244 e. The van der Waals surface area contributed by atoms with Crippen LogP contribution in [0.25, 0.3) is 6.08 Å². The van der Waals surface area contributed by atoms with Crippen molar-refractivity contribution in [2.45, 2.75) is 33.4 Å². The van der Waals surface area contributed by atoms with Crippen LogP contribution in [0.3, 0.4) is 0 Å². The summed E-state index contributed by atoms with van der Waals surface area (Å²) in [6.07, 6.45) is 4.20. The lowest BCUT2D eigenvalue weighted by molar-refractivity contribution is -0.116. The zero-order valence-electron chi connectivity index (χ0n) is 18.6. The van der Waals surface area contributed by atoms with Crippen LogP contribution >= 0.6 is 11.3 Å². The molecule has 1 aromatic heterocycles. The van der Waals surface area contributed by atoms with Gasteiger partial charge in [0.15, 0.2) is 11.5 Å². The van der Waals surface area contributed by atoms with Gasteiger partial charge in [-0.15, -0.1) is 11.3 Å². The van der Waals surface area contributed by atoms with E-state index in [1.54, 1.807) is 24.5 Å². The lowest BCUT2D eigenvalue weighted by Gasteiger charge is -2.11. The number of aromatic nitrogens is 1. The molecular formula is C25H28N2O4S. The first-order chi connectivity index (χ1) is 15.6. The van der Waals surface area contributed by atoms with Gasteiger partial charge in [-0.2, -0.15) is 0 Å². The molecule has 0 saturated heterocycles. The Balaban J connectivity index is 1.52. The average Bonchev–Trinajstić information content (AvgIpc) is 3.24. The predicted molar refractivity (Wildman–Crippen MR) is 127 cm³/mol. The second-order valence-electron chi connectivity index (χ2n) is 7.10. The number of nitrogens with zero attached hydrogens (tertiary/aromatic N) is 1. The normalized spacial score (nSPS) is 10.8.